The second-order valence-corrected chi connectivity index (χ2v) is 6.05. The molecule has 0 saturated carbocycles. The summed E-state index contributed by atoms with van der Waals surface area (Å²) < 4.78 is 7.16. The lowest BCUT2D eigenvalue weighted by atomic mass is 10.1. The summed E-state index contributed by atoms with van der Waals surface area (Å²) in [5, 5.41) is 8.94. The van der Waals surface area contributed by atoms with E-state index in [2.05, 4.69) is 17.1 Å². The van der Waals surface area contributed by atoms with Crippen LogP contribution in [0.5, 0.6) is 0 Å². The van der Waals surface area contributed by atoms with E-state index in [1.54, 1.807) is 12.3 Å². The maximum absolute atomic E-state index is 12.3. The Balaban J connectivity index is 1.67. The second kappa shape index (κ2) is 6.83. The molecule has 0 spiro atoms. The number of aromatic nitrogens is 3. The number of thioether (sulfide) groups is 1. The van der Waals surface area contributed by atoms with Crippen molar-refractivity contribution in [3.63, 3.8) is 0 Å². The highest BCUT2D eigenvalue weighted by molar-refractivity contribution is 7.99. The topological polar surface area (TPSA) is 60.9 Å². The molecule has 0 radical (unpaired) electrons. The van der Waals surface area contributed by atoms with Crippen LogP contribution in [0.4, 0.5) is 0 Å². The first-order valence-electron chi connectivity index (χ1n) is 7.37. The smallest absolute Gasteiger partial charge is 0.200 e. The average Bonchev–Trinajstić information content (AvgIpc) is 3.22. The van der Waals surface area contributed by atoms with Gasteiger partial charge >= 0.3 is 0 Å². The number of ketones is 1. The van der Waals surface area contributed by atoms with Gasteiger partial charge in [0.05, 0.1) is 12.0 Å². The van der Waals surface area contributed by atoms with E-state index in [0.717, 1.165) is 12.0 Å². The predicted octanol–water partition coefficient (Wildman–Crippen LogP) is 3.61. The minimum Gasteiger partial charge on any atom is -0.461 e. The third kappa shape index (κ3) is 3.37. The predicted molar refractivity (Wildman–Crippen MR) is 89.6 cm³/mol. The second-order valence-electron chi connectivity index (χ2n) is 5.10. The number of furan rings is 1. The van der Waals surface area contributed by atoms with Gasteiger partial charge in [-0.25, -0.2) is 0 Å². The zero-order chi connectivity index (χ0) is 16.2. The highest BCUT2D eigenvalue weighted by atomic mass is 32.2. The van der Waals surface area contributed by atoms with Gasteiger partial charge in [-0.1, -0.05) is 43.0 Å². The van der Waals surface area contributed by atoms with Gasteiger partial charge in [-0.2, -0.15) is 0 Å². The number of aryl methyl sites for hydroxylation is 1. The lowest BCUT2D eigenvalue weighted by molar-refractivity contribution is 0.102. The Morgan fingerprint density at radius 2 is 2.00 bits per heavy atom. The fourth-order valence-electron chi connectivity index (χ4n) is 2.20. The van der Waals surface area contributed by atoms with E-state index in [4.69, 9.17) is 4.42 Å². The Hall–Kier alpha value is -2.34. The molecular formula is C17H17N3O2S. The summed E-state index contributed by atoms with van der Waals surface area (Å²) in [5.74, 6) is 1.72. The number of carbonyl (C=O) groups is 1. The first-order valence-corrected chi connectivity index (χ1v) is 8.35. The molecule has 0 N–H and O–H groups in total. The number of hydrogen-bond acceptors (Lipinski definition) is 5. The minimum atomic E-state index is 0.0835. The van der Waals surface area contributed by atoms with Crippen molar-refractivity contribution in [2.24, 2.45) is 7.05 Å². The fourth-order valence-corrected chi connectivity index (χ4v) is 3.01. The van der Waals surface area contributed by atoms with Gasteiger partial charge in [-0.05, 0) is 24.1 Å². The van der Waals surface area contributed by atoms with Gasteiger partial charge in [-0.15, -0.1) is 10.2 Å². The highest BCUT2D eigenvalue weighted by Gasteiger charge is 2.15. The zero-order valence-electron chi connectivity index (χ0n) is 13.0. The molecule has 0 unspecified atom stereocenters. The van der Waals surface area contributed by atoms with Crippen molar-refractivity contribution >= 4 is 17.5 Å². The molecule has 2 heterocycles. The van der Waals surface area contributed by atoms with Gasteiger partial charge in [-0.3, -0.25) is 4.79 Å². The number of carbonyl (C=O) groups excluding carboxylic acids is 1. The molecule has 0 aliphatic heterocycles. The van der Waals surface area contributed by atoms with Crippen LogP contribution in [0.15, 0.2) is 52.2 Å². The third-order valence-corrected chi connectivity index (χ3v) is 4.61. The molecule has 0 aliphatic rings. The Morgan fingerprint density at radius 3 is 2.65 bits per heavy atom. The van der Waals surface area contributed by atoms with Crippen LogP contribution in [0.3, 0.4) is 0 Å². The zero-order valence-corrected chi connectivity index (χ0v) is 13.8. The third-order valence-electron chi connectivity index (χ3n) is 3.59. The van der Waals surface area contributed by atoms with E-state index in [-0.39, 0.29) is 5.78 Å². The summed E-state index contributed by atoms with van der Waals surface area (Å²) in [6.45, 7) is 2.09. The van der Waals surface area contributed by atoms with Crippen LogP contribution < -0.4 is 0 Å². The van der Waals surface area contributed by atoms with Gasteiger partial charge in [0.2, 0.25) is 0 Å². The molecule has 0 amide bonds. The summed E-state index contributed by atoms with van der Waals surface area (Å²) in [5.41, 5.74) is 1.95. The van der Waals surface area contributed by atoms with E-state index in [1.807, 2.05) is 41.9 Å². The van der Waals surface area contributed by atoms with Crippen molar-refractivity contribution in [2.75, 3.05) is 5.75 Å². The Kier molecular flexibility index (Phi) is 4.62. The largest absolute Gasteiger partial charge is 0.461 e. The molecule has 2 aromatic heterocycles. The number of hydrogen-bond donors (Lipinski definition) is 0. The van der Waals surface area contributed by atoms with E-state index in [9.17, 15) is 4.79 Å². The number of benzene rings is 1. The maximum Gasteiger partial charge on any atom is 0.200 e. The lowest BCUT2D eigenvalue weighted by Crippen LogP contribution is -2.04. The molecule has 3 aromatic rings. The van der Waals surface area contributed by atoms with Crippen molar-refractivity contribution in [2.45, 2.75) is 18.5 Å². The van der Waals surface area contributed by atoms with E-state index in [1.165, 1.54) is 17.3 Å². The van der Waals surface area contributed by atoms with E-state index in [0.29, 0.717) is 22.5 Å². The standard InChI is InChI=1S/C17H17N3O2S/c1-3-12-6-8-13(9-7-12)14(21)11-23-17-19-18-16(20(17)2)15-5-4-10-22-15/h4-10H,3,11H2,1-2H3. The monoisotopic (exact) mass is 327 g/mol. The average molecular weight is 327 g/mol. The summed E-state index contributed by atoms with van der Waals surface area (Å²) in [7, 11) is 1.86. The van der Waals surface area contributed by atoms with Crippen molar-refractivity contribution in [1.82, 2.24) is 14.8 Å². The van der Waals surface area contributed by atoms with E-state index < -0.39 is 0 Å². The molecule has 3 rings (SSSR count). The lowest BCUT2D eigenvalue weighted by Gasteiger charge is -2.03. The molecule has 118 valence electrons. The minimum absolute atomic E-state index is 0.0835. The molecule has 1 aromatic carbocycles. The molecule has 5 nitrogen and oxygen atoms in total. The molecular weight excluding hydrogens is 310 g/mol. The van der Waals surface area contributed by atoms with Crippen molar-refractivity contribution < 1.29 is 9.21 Å². The molecule has 23 heavy (non-hydrogen) atoms. The summed E-state index contributed by atoms with van der Waals surface area (Å²) in [6.07, 6.45) is 2.57. The number of Topliss-reactive ketones (excluding diaryl/α,β-unsaturated/α-hetero) is 1. The SMILES string of the molecule is CCc1ccc(C(=O)CSc2nnc(-c3ccco3)n2C)cc1. The molecule has 0 atom stereocenters. The van der Waals surface area contributed by atoms with Crippen molar-refractivity contribution in [3.8, 4) is 11.6 Å². The van der Waals surface area contributed by atoms with Crippen molar-refractivity contribution in [1.29, 1.82) is 0 Å². The Bertz CT molecular complexity index is 792. The summed E-state index contributed by atoms with van der Waals surface area (Å²) in [6, 6.07) is 11.4. The van der Waals surface area contributed by atoms with Crippen LogP contribution in [0.2, 0.25) is 0 Å². The van der Waals surface area contributed by atoms with Crippen LogP contribution in [0, 0.1) is 0 Å². The number of nitrogens with zero attached hydrogens (tertiary/aromatic N) is 3. The Morgan fingerprint density at radius 1 is 1.22 bits per heavy atom. The highest BCUT2D eigenvalue weighted by Crippen LogP contribution is 2.23. The van der Waals surface area contributed by atoms with E-state index >= 15 is 0 Å². The van der Waals surface area contributed by atoms with Crippen molar-refractivity contribution in [3.05, 3.63) is 53.8 Å². The van der Waals surface area contributed by atoms with Gasteiger partial charge in [0.1, 0.15) is 0 Å². The molecule has 0 fully saturated rings. The first kappa shape index (κ1) is 15.6. The molecule has 0 aliphatic carbocycles. The molecule has 0 bridgehead atoms. The van der Waals surface area contributed by atoms with Gasteiger partial charge < -0.3 is 8.98 Å². The molecule has 0 saturated heterocycles. The first-order chi connectivity index (χ1) is 11.2. The van der Waals surface area contributed by atoms with Crippen LogP contribution in [-0.4, -0.2) is 26.3 Å². The number of rotatable bonds is 6. The van der Waals surface area contributed by atoms with Crippen LogP contribution in [0.25, 0.3) is 11.6 Å². The Labute approximate surface area is 138 Å². The summed E-state index contributed by atoms with van der Waals surface area (Å²) in [4.78, 5) is 12.3. The van der Waals surface area contributed by atoms with Crippen LogP contribution in [-0.2, 0) is 13.5 Å². The van der Waals surface area contributed by atoms with Gasteiger partial charge in [0, 0.05) is 12.6 Å². The van der Waals surface area contributed by atoms with Crippen LogP contribution in [0.1, 0.15) is 22.8 Å². The fraction of sp³-hybridized carbons (Fsp3) is 0.235. The quantitative estimate of drug-likeness (QED) is 0.511. The normalized spacial score (nSPS) is 10.9. The van der Waals surface area contributed by atoms with Gasteiger partial charge in [0.25, 0.3) is 0 Å². The maximum atomic E-state index is 12.3. The molecule has 6 heteroatoms. The van der Waals surface area contributed by atoms with Crippen LogP contribution >= 0.6 is 11.8 Å². The van der Waals surface area contributed by atoms with Gasteiger partial charge in [0.15, 0.2) is 22.5 Å². The summed E-state index contributed by atoms with van der Waals surface area (Å²) >= 11 is 1.38.